The first kappa shape index (κ1) is 17.0. The van der Waals surface area contributed by atoms with Gasteiger partial charge < -0.3 is 4.74 Å². The lowest BCUT2D eigenvalue weighted by atomic mass is 9.85. The normalized spacial score (nSPS) is 14.7. The Balaban J connectivity index is 2.75. The summed E-state index contributed by atoms with van der Waals surface area (Å²) in [4.78, 5) is 10.9. The van der Waals surface area contributed by atoms with Crippen molar-refractivity contribution in [3.8, 4) is 0 Å². The summed E-state index contributed by atoms with van der Waals surface area (Å²) in [5.74, 6) is -0.189. The van der Waals surface area contributed by atoms with Crippen molar-refractivity contribution < 1.29 is 9.53 Å². The zero-order chi connectivity index (χ0) is 15.4. The number of hydrogen-bond donors (Lipinski definition) is 0. The molecule has 0 spiro atoms. The van der Waals surface area contributed by atoms with Crippen LogP contribution in [0.15, 0.2) is 24.3 Å². The number of ether oxygens (including phenoxy) is 1. The first-order chi connectivity index (χ1) is 9.16. The van der Waals surface area contributed by atoms with Crippen molar-refractivity contribution in [2.45, 2.75) is 57.7 Å². The number of carbonyl (C=O) groups excluding carboxylic acids is 1. The van der Waals surface area contributed by atoms with Crippen molar-refractivity contribution in [3.63, 3.8) is 0 Å². The van der Waals surface area contributed by atoms with Crippen LogP contribution in [0.2, 0.25) is 0 Å². The molecule has 0 amide bonds. The summed E-state index contributed by atoms with van der Waals surface area (Å²) in [6, 6.07) is 8.33. The molecule has 20 heavy (non-hydrogen) atoms. The molecule has 3 heteroatoms. The summed E-state index contributed by atoms with van der Waals surface area (Å²) in [6.07, 6.45) is 0.914. The lowest BCUT2D eigenvalue weighted by Gasteiger charge is -2.24. The summed E-state index contributed by atoms with van der Waals surface area (Å²) >= 11 is 6.56. The molecule has 0 saturated heterocycles. The van der Waals surface area contributed by atoms with Crippen LogP contribution in [0.3, 0.4) is 0 Å². The molecule has 2 nitrogen and oxygen atoms in total. The monoisotopic (exact) mass is 296 g/mol. The number of halogens is 1. The van der Waals surface area contributed by atoms with E-state index in [2.05, 4.69) is 45.0 Å². The van der Waals surface area contributed by atoms with Gasteiger partial charge in [-0.15, -0.1) is 11.6 Å². The van der Waals surface area contributed by atoms with Crippen LogP contribution in [0.4, 0.5) is 0 Å². The van der Waals surface area contributed by atoms with E-state index in [4.69, 9.17) is 16.3 Å². The van der Waals surface area contributed by atoms with Crippen LogP contribution in [0.1, 0.15) is 58.6 Å². The number of hydrogen-bond acceptors (Lipinski definition) is 2. The van der Waals surface area contributed by atoms with Gasteiger partial charge in [0.25, 0.3) is 0 Å². The summed E-state index contributed by atoms with van der Waals surface area (Å²) in [6.45, 7) is 10.7. The minimum atomic E-state index is -0.539. The molecule has 0 saturated carbocycles. The predicted octanol–water partition coefficient (Wildman–Crippen LogP) is 4.78. The summed E-state index contributed by atoms with van der Waals surface area (Å²) in [5.41, 5.74) is 2.45. The van der Waals surface area contributed by atoms with Gasteiger partial charge in [0.2, 0.25) is 0 Å². The van der Waals surface area contributed by atoms with Gasteiger partial charge in [-0.25, -0.2) is 0 Å². The van der Waals surface area contributed by atoms with Crippen molar-refractivity contribution in [3.05, 3.63) is 35.4 Å². The van der Waals surface area contributed by atoms with E-state index in [0.717, 1.165) is 5.56 Å². The Morgan fingerprint density at radius 2 is 1.60 bits per heavy atom. The molecule has 1 aromatic carbocycles. The molecule has 112 valence electrons. The van der Waals surface area contributed by atoms with Gasteiger partial charge in [0.15, 0.2) is 0 Å². The Hall–Kier alpha value is -1.02. The summed E-state index contributed by atoms with van der Waals surface area (Å²) < 4.78 is 4.94. The van der Waals surface area contributed by atoms with Crippen LogP contribution in [0.5, 0.6) is 0 Å². The van der Waals surface area contributed by atoms with Gasteiger partial charge in [-0.2, -0.15) is 0 Å². The quantitative estimate of drug-likeness (QED) is 0.577. The maximum absolute atomic E-state index is 11.4. The highest BCUT2D eigenvalue weighted by Crippen LogP contribution is 2.34. The van der Waals surface area contributed by atoms with Crippen molar-refractivity contribution in [2.75, 3.05) is 6.61 Å². The van der Waals surface area contributed by atoms with Crippen molar-refractivity contribution >= 4 is 17.6 Å². The van der Waals surface area contributed by atoms with Gasteiger partial charge in [0.05, 0.1) is 11.5 Å². The number of carbonyl (C=O) groups is 1. The highest BCUT2D eigenvalue weighted by molar-refractivity contribution is 6.23. The number of esters is 1. The van der Waals surface area contributed by atoms with Crippen LogP contribution >= 0.6 is 11.6 Å². The van der Waals surface area contributed by atoms with E-state index < -0.39 is 4.87 Å². The second-order valence-electron chi connectivity index (χ2n) is 6.33. The minimum absolute atomic E-state index is 0.131. The molecule has 1 rings (SSSR count). The second-order valence-corrected chi connectivity index (χ2v) is 7.16. The molecule has 0 radical (unpaired) electrons. The number of benzene rings is 1. The molecule has 0 aliphatic rings. The molecular weight excluding hydrogens is 272 g/mol. The maximum Gasteiger partial charge on any atom is 0.305 e. The van der Waals surface area contributed by atoms with Crippen LogP contribution in [0, 0.1) is 0 Å². The predicted molar refractivity (Wildman–Crippen MR) is 84.2 cm³/mol. The third kappa shape index (κ3) is 4.82. The molecule has 1 aromatic rings. The fourth-order valence-electron chi connectivity index (χ4n) is 2.03. The molecule has 0 aliphatic heterocycles. The molecule has 0 fully saturated rings. The number of alkyl halides is 1. The van der Waals surface area contributed by atoms with Crippen LogP contribution in [-0.4, -0.2) is 12.6 Å². The summed E-state index contributed by atoms with van der Waals surface area (Å²) in [5, 5.41) is 0. The molecule has 0 aromatic heterocycles. The van der Waals surface area contributed by atoms with Crippen molar-refractivity contribution in [2.24, 2.45) is 0 Å². The Labute approximate surface area is 127 Å². The lowest BCUT2D eigenvalue weighted by molar-refractivity contribution is -0.143. The zero-order valence-electron chi connectivity index (χ0n) is 13.1. The van der Waals surface area contributed by atoms with E-state index in [9.17, 15) is 4.79 Å². The van der Waals surface area contributed by atoms with E-state index in [1.807, 2.05) is 13.8 Å². The zero-order valence-corrected chi connectivity index (χ0v) is 13.9. The first-order valence-electron chi connectivity index (χ1n) is 7.12. The number of rotatable bonds is 5. The average Bonchev–Trinajstić information content (AvgIpc) is 2.36. The van der Waals surface area contributed by atoms with Crippen LogP contribution < -0.4 is 0 Å². The second kappa shape index (κ2) is 6.62. The fraction of sp³-hybridized carbons (Fsp3) is 0.588. The maximum atomic E-state index is 11.4. The highest BCUT2D eigenvalue weighted by atomic mass is 35.5. The van der Waals surface area contributed by atoms with E-state index in [0.29, 0.717) is 19.4 Å². The van der Waals surface area contributed by atoms with Gasteiger partial charge in [-0.1, -0.05) is 45.0 Å². The van der Waals surface area contributed by atoms with Gasteiger partial charge in [0.1, 0.15) is 0 Å². The van der Waals surface area contributed by atoms with E-state index >= 15 is 0 Å². The van der Waals surface area contributed by atoms with E-state index in [1.165, 1.54) is 5.56 Å². The topological polar surface area (TPSA) is 26.3 Å². The molecule has 0 heterocycles. The van der Waals surface area contributed by atoms with E-state index in [-0.39, 0.29) is 11.4 Å². The molecule has 0 aliphatic carbocycles. The smallest absolute Gasteiger partial charge is 0.305 e. The molecule has 0 bridgehead atoms. The fourth-order valence-corrected chi connectivity index (χ4v) is 2.25. The van der Waals surface area contributed by atoms with Crippen molar-refractivity contribution in [1.82, 2.24) is 0 Å². The summed E-state index contributed by atoms with van der Waals surface area (Å²) in [7, 11) is 0. The third-order valence-corrected chi connectivity index (χ3v) is 3.86. The van der Waals surface area contributed by atoms with Crippen molar-refractivity contribution in [1.29, 1.82) is 0 Å². The Kier molecular flexibility index (Phi) is 5.64. The Bertz CT molecular complexity index is 441. The molecular formula is C17H25ClO2. The Morgan fingerprint density at radius 1 is 1.10 bits per heavy atom. The minimum Gasteiger partial charge on any atom is -0.466 e. The lowest BCUT2D eigenvalue weighted by Crippen LogP contribution is -2.18. The highest BCUT2D eigenvalue weighted by Gasteiger charge is 2.25. The van der Waals surface area contributed by atoms with Crippen LogP contribution in [0.25, 0.3) is 0 Å². The van der Waals surface area contributed by atoms with Crippen LogP contribution in [-0.2, 0) is 19.8 Å². The van der Waals surface area contributed by atoms with Gasteiger partial charge in [-0.3, -0.25) is 4.79 Å². The molecule has 1 unspecified atom stereocenters. The third-order valence-electron chi connectivity index (χ3n) is 3.46. The van der Waals surface area contributed by atoms with Gasteiger partial charge in [-0.05, 0) is 36.8 Å². The van der Waals surface area contributed by atoms with Gasteiger partial charge >= 0.3 is 5.97 Å². The SMILES string of the molecule is CCOC(=O)CCC(C)(Cl)c1ccc(C(C)(C)C)cc1. The Morgan fingerprint density at radius 3 is 2.05 bits per heavy atom. The average molecular weight is 297 g/mol. The van der Waals surface area contributed by atoms with E-state index in [1.54, 1.807) is 0 Å². The molecule has 0 N–H and O–H groups in total. The largest absolute Gasteiger partial charge is 0.466 e. The molecule has 1 atom stereocenters. The van der Waals surface area contributed by atoms with Gasteiger partial charge in [0, 0.05) is 6.42 Å². The first-order valence-corrected chi connectivity index (χ1v) is 7.50. The standard InChI is InChI=1S/C17H25ClO2/c1-6-20-15(19)11-12-17(5,18)14-9-7-13(8-10-14)16(2,3)4/h7-10H,6,11-12H2,1-5H3.